The molecule has 4 nitrogen and oxygen atoms in total. The lowest BCUT2D eigenvalue weighted by molar-refractivity contribution is 0.233. The summed E-state index contributed by atoms with van der Waals surface area (Å²) in [5.74, 6) is -0.0125. The molecule has 0 saturated heterocycles. The van der Waals surface area contributed by atoms with E-state index >= 15 is 0 Å². The largest absolute Gasteiger partial charge is 0.368 e. The third-order valence-corrected chi connectivity index (χ3v) is 2.23. The van der Waals surface area contributed by atoms with Gasteiger partial charge in [0.05, 0.1) is 5.69 Å². The molecule has 0 aliphatic heterocycles. The molecule has 0 unspecified atom stereocenters. The molecule has 0 saturated carbocycles. The van der Waals surface area contributed by atoms with Crippen molar-refractivity contribution >= 4 is 23.4 Å². The Balaban J connectivity index is 2.99. The topological polar surface area (TPSA) is 70.6 Å². The van der Waals surface area contributed by atoms with Crippen molar-refractivity contribution in [1.29, 1.82) is 0 Å². The smallest absolute Gasteiger partial charge is 0.218 e. The molecular formula is C8H11N3OS. The number of nitrogens with two attached hydrogens (primary N) is 1. The van der Waals surface area contributed by atoms with Crippen LogP contribution in [0, 0.1) is 0 Å². The lowest BCUT2D eigenvalue weighted by atomic mass is 10.3. The summed E-state index contributed by atoms with van der Waals surface area (Å²) in [6.07, 6.45) is 1.96. The minimum atomic E-state index is -0.0125. The first-order chi connectivity index (χ1) is 6.27. The van der Waals surface area contributed by atoms with Crippen LogP contribution in [-0.4, -0.2) is 17.4 Å². The average Bonchev–Trinajstić information content (AvgIpc) is 2.18. The highest BCUT2D eigenvalue weighted by Crippen LogP contribution is 2.26. The monoisotopic (exact) mass is 197 g/mol. The van der Waals surface area contributed by atoms with Gasteiger partial charge in [-0.1, -0.05) is 12.1 Å². The number of nitrogens with zero attached hydrogens (tertiary/aromatic N) is 1. The van der Waals surface area contributed by atoms with Crippen LogP contribution in [0.25, 0.3) is 0 Å². The highest BCUT2D eigenvalue weighted by molar-refractivity contribution is 7.98. The number of rotatable bonds is 2. The predicted octanol–water partition coefficient (Wildman–Crippen LogP) is 1.33. The van der Waals surface area contributed by atoms with Crippen LogP contribution < -0.4 is 11.2 Å². The SMILES string of the molecule is CSc1ccccc1N=C(N)NO. The van der Waals surface area contributed by atoms with E-state index in [9.17, 15) is 0 Å². The average molecular weight is 197 g/mol. The summed E-state index contributed by atoms with van der Waals surface area (Å²) >= 11 is 1.58. The van der Waals surface area contributed by atoms with Gasteiger partial charge in [0, 0.05) is 4.90 Å². The summed E-state index contributed by atoms with van der Waals surface area (Å²) < 4.78 is 0. The summed E-state index contributed by atoms with van der Waals surface area (Å²) in [4.78, 5) is 4.98. The second-order valence-corrected chi connectivity index (χ2v) is 3.13. The number of guanidine groups is 1. The van der Waals surface area contributed by atoms with E-state index in [-0.39, 0.29) is 5.96 Å². The van der Waals surface area contributed by atoms with Crippen LogP contribution >= 0.6 is 11.8 Å². The minimum absolute atomic E-state index is 0.0125. The number of hydrogen-bond donors (Lipinski definition) is 3. The van der Waals surface area contributed by atoms with E-state index in [1.165, 1.54) is 0 Å². The maximum atomic E-state index is 8.45. The molecule has 5 heteroatoms. The van der Waals surface area contributed by atoms with Crippen LogP contribution in [0.4, 0.5) is 5.69 Å². The van der Waals surface area contributed by atoms with Crippen molar-refractivity contribution in [2.75, 3.05) is 6.26 Å². The number of nitrogens with one attached hydrogen (secondary N) is 1. The van der Waals surface area contributed by atoms with Crippen molar-refractivity contribution in [3.8, 4) is 0 Å². The van der Waals surface area contributed by atoms with E-state index in [0.717, 1.165) is 10.6 Å². The van der Waals surface area contributed by atoms with Crippen LogP contribution in [0.2, 0.25) is 0 Å². The van der Waals surface area contributed by atoms with Crippen molar-refractivity contribution in [1.82, 2.24) is 5.48 Å². The molecule has 0 aliphatic rings. The zero-order valence-electron chi connectivity index (χ0n) is 7.19. The summed E-state index contributed by atoms with van der Waals surface area (Å²) in [6.45, 7) is 0. The predicted molar refractivity (Wildman–Crippen MR) is 54.4 cm³/mol. The summed E-state index contributed by atoms with van der Waals surface area (Å²) in [5.41, 5.74) is 7.84. The molecular weight excluding hydrogens is 186 g/mol. The Labute approximate surface area is 80.8 Å². The Morgan fingerprint density at radius 2 is 2.23 bits per heavy atom. The van der Waals surface area contributed by atoms with Crippen molar-refractivity contribution in [3.63, 3.8) is 0 Å². The van der Waals surface area contributed by atoms with Crippen molar-refractivity contribution < 1.29 is 5.21 Å². The number of aliphatic imine (C=N–C) groups is 1. The molecule has 0 amide bonds. The lowest BCUT2D eigenvalue weighted by Gasteiger charge is -2.02. The minimum Gasteiger partial charge on any atom is -0.368 e. The Morgan fingerprint density at radius 1 is 1.54 bits per heavy atom. The number of hydroxylamine groups is 1. The van der Waals surface area contributed by atoms with E-state index in [1.54, 1.807) is 17.2 Å². The van der Waals surface area contributed by atoms with E-state index < -0.39 is 0 Å². The van der Waals surface area contributed by atoms with E-state index in [2.05, 4.69) is 4.99 Å². The zero-order valence-corrected chi connectivity index (χ0v) is 8.01. The second kappa shape index (κ2) is 4.74. The molecule has 1 aromatic carbocycles. The van der Waals surface area contributed by atoms with Crippen molar-refractivity contribution in [3.05, 3.63) is 24.3 Å². The Hall–Kier alpha value is -1.20. The Bertz CT molecular complexity index is 314. The maximum Gasteiger partial charge on any atom is 0.218 e. The lowest BCUT2D eigenvalue weighted by Crippen LogP contribution is -2.27. The fourth-order valence-corrected chi connectivity index (χ4v) is 1.41. The normalized spacial score (nSPS) is 11.4. The molecule has 0 bridgehead atoms. The number of hydrogen-bond acceptors (Lipinski definition) is 3. The number of para-hydroxylation sites is 1. The third-order valence-electron chi connectivity index (χ3n) is 1.44. The maximum absolute atomic E-state index is 8.45. The summed E-state index contributed by atoms with van der Waals surface area (Å²) in [5, 5.41) is 8.45. The van der Waals surface area contributed by atoms with Crippen LogP contribution in [0.3, 0.4) is 0 Å². The Morgan fingerprint density at radius 3 is 2.85 bits per heavy atom. The van der Waals surface area contributed by atoms with Crippen molar-refractivity contribution in [2.45, 2.75) is 4.90 Å². The van der Waals surface area contributed by atoms with E-state index in [4.69, 9.17) is 10.9 Å². The van der Waals surface area contributed by atoms with Crippen LogP contribution in [0.5, 0.6) is 0 Å². The summed E-state index contributed by atoms with van der Waals surface area (Å²) in [7, 11) is 0. The quantitative estimate of drug-likeness (QED) is 0.289. The molecule has 0 radical (unpaired) electrons. The molecule has 0 aliphatic carbocycles. The number of thioether (sulfide) groups is 1. The van der Waals surface area contributed by atoms with Gasteiger partial charge < -0.3 is 5.73 Å². The van der Waals surface area contributed by atoms with Gasteiger partial charge in [-0.05, 0) is 18.4 Å². The second-order valence-electron chi connectivity index (χ2n) is 2.28. The standard InChI is InChI=1S/C8H11N3OS/c1-13-7-5-3-2-4-6(7)10-8(9)11-12/h2-5,12H,1H3,(H3,9,10,11). The van der Waals surface area contributed by atoms with Gasteiger partial charge in [0.2, 0.25) is 5.96 Å². The van der Waals surface area contributed by atoms with Crippen LogP contribution in [0.1, 0.15) is 0 Å². The van der Waals surface area contributed by atoms with Gasteiger partial charge in [-0.15, -0.1) is 11.8 Å². The molecule has 0 fully saturated rings. The fourth-order valence-electron chi connectivity index (χ4n) is 0.877. The van der Waals surface area contributed by atoms with Crippen LogP contribution in [-0.2, 0) is 0 Å². The van der Waals surface area contributed by atoms with Gasteiger partial charge in [-0.2, -0.15) is 0 Å². The summed E-state index contributed by atoms with van der Waals surface area (Å²) in [6, 6.07) is 7.56. The van der Waals surface area contributed by atoms with Crippen LogP contribution in [0.15, 0.2) is 34.2 Å². The van der Waals surface area contributed by atoms with Gasteiger partial charge in [0.15, 0.2) is 0 Å². The van der Waals surface area contributed by atoms with E-state index in [0.29, 0.717) is 0 Å². The van der Waals surface area contributed by atoms with Crippen molar-refractivity contribution in [2.24, 2.45) is 10.7 Å². The first kappa shape index (κ1) is 9.88. The molecule has 0 atom stereocenters. The zero-order chi connectivity index (χ0) is 9.68. The molecule has 1 aromatic rings. The molecule has 0 spiro atoms. The highest BCUT2D eigenvalue weighted by Gasteiger charge is 1.98. The highest BCUT2D eigenvalue weighted by atomic mass is 32.2. The number of benzene rings is 1. The molecule has 0 aromatic heterocycles. The molecule has 13 heavy (non-hydrogen) atoms. The van der Waals surface area contributed by atoms with Gasteiger partial charge in [-0.25, -0.2) is 10.5 Å². The van der Waals surface area contributed by atoms with Gasteiger partial charge >= 0.3 is 0 Å². The van der Waals surface area contributed by atoms with Gasteiger partial charge in [-0.3, -0.25) is 5.21 Å². The molecule has 0 heterocycles. The van der Waals surface area contributed by atoms with Gasteiger partial charge in [0.25, 0.3) is 0 Å². The Kier molecular flexibility index (Phi) is 3.60. The first-order valence-corrected chi connectivity index (χ1v) is 4.87. The molecule has 4 N–H and O–H groups in total. The van der Waals surface area contributed by atoms with E-state index in [1.807, 2.05) is 30.5 Å². The third kappa shape index (κ3) is 2.64. The molecule has 70 valence electrons. The first-order valence-electron chi connectivity index (χ1n) is 3.65. The van der Waals surface area contributed by atoms with Gasteiger partial charge in [0.1, 0.15) is 0 Å². The fraction of sp³-hybridized carbons (Fsp3) is 0.125. The molecule has 1 rings (SSSR count).